The molecule has 0 aliphatic carbocycles. The van der Waals surface area contributed by atoms with Gasteiger partial charge in [0.1, 0.15) is 0 Å². The molecule has 1 fully saturated rings. The maximum atomic E-state index is 6.19. The first-order valence-corrected chi connectivity index (χ1v) is 7.21. The van der Waals surface area contributed by atoms with Crippen LogP contribution in [-0.2, 0) is 0 Å². The Kier molecular flexibility index (Phi) is 4.65. The van der Waals surface area contributed by atoms with Crippen LogP contribution in [0.15, 0.2) is 0 Å². The SMILES string of the molecule is CC(C)C(CN)(C(C)C)N1CCCC(C)(C)C1. The van der Waals surface area contributed by atoms with Gasteiger partial charge in [-0.1, -0.05) is 41.5 Å². The summed E-state index contributed by atoms with van der Waals surface area (Å²) in [6.45, 7) is 17.3. The number of rotatable bonds is 4. The third-order valence-corrected chi connectivity index (χ3v) is 4.82. The Morgan fingerprint density at radius 2 is 1.71 bits per heavy atom. The molecule has 0 aromatic heterocycles. The van der Waals surface area contributed by atoms with Gasteiger partial charge < -0.3 is 5.73 Å². The van der Waals surface area contributed by atoms with E-state index in [2.05, 4.69) is 46.4 Å². The molecule has 2 nitrogen and oxygen atoms in total. The molecule has 1 aliphatic rings. The second-order valence-corrected chi connectivity index (χ2v) is 7.19. The zero-order valence-electron chi connectivity index (χ0n) is 12.7. The molecule has 1 saturated heterocycles. The second-order valence-electron chi connectivity index (χ2n) is 7.19. The van der Waals surface area contributed by atoms with E-state index in [1.54, 1.807) is 0 Å². The summed E-state index contributed by atoms with van der Waals surface area (Å²) in [6.07, 6.45) is 2.66. The fourth-order valence-corrected chi connectivity index (χ4v) is 3.78. The summed E-state index contributed by atoms with van der Waals surface area (Å²) in [5.74, 6) is 1.22. The van der Waals surface area contributed by atoms with Crippen LogP contribution in [0.4, 0.5) is 0 Å². The molecule has 0 aromatic carbocycles. The Labute approximate surface area is 108 Å². The fraction of sp³-hybridized carbons (Fsp3) is 1.00. The first-order valence-electron chi connectivity index (χ1n) is 7.21. The summed E-state index contributed by atoms with van der Waals surface area (Å²) in [4.78, 5) is 2.69. The van der Waals surface area contributed by atoms with E-state index in [9.17, 15) is 0 Å². The maximum absolute atomic E-state index is 6.19. The van der Waals surface area contributed by atoms with Gasteiger partial charge in [0.05, 0.1) is 0 Å². The first-order chi connectivity index (χ1) is 7.76. The molecule has 1 heterocycles. The number of hydrogen-bond donors (Lipinski definition) is 1. The van der Waals surface area contributed by atoms with Crippen molar-refractivity contribution in [2.75, 3.05) is 19.6 Å². The molecule has 102 valence electrons. The Morgan fingerprint density at radius 3 is 2.06 bits per heavy atom. The van der Waals surface area contributed by atoms with E-state index in [-0.39, 0.29) is 5.54 Å². The molecule has 1 aliphatic heterocycles. The summed E-state index contributed by atoms with van der Waals surface area (Å²) in [5, 5.41) is 0. The van der Waals surface area contributed by atoms with Crippen LogP contribution >= 0.6 is 0 Å². The number of nitrogens with zero attached hydrogens (tertiary/aromatic N) is 1. The highest BCUT2D eigenvalue weighted by molar-refractivity contribution is 5.00. The number of likely N-dealkylation sites (tertiary alicyclic amines) is 1. The van der Waals surface area contributed by atoms with Crippen molar-refractivity contribution in [3.05, 3.63) is 0 Å². The van der Waals surface area contributed by atoms with Crippen LogP contribution in [0, 0.1) is 17.3 Å². The molecule has 2 N–H and O–H groups in total. The largest absolute Gasteiger partial charge is 0.329 e. The fourth-order valence-electron chi connectivity index (χ4n) is 3.78. The van der Waals surface area contributed by atoms with Crippen LogP contribution in [0.1, 0.15) is 54.4 Å². The molecule has 0 saturated carbocycles. The van der Waals surface area contributed by atoms with Crippen LogP contribution < -0.4 is 5.73 Å². The predicted octanol–water partition coefficient (Wildman–Crippen LogP) is 3.12. The molecule has 0 atom stereocenters. The lowest BCUT2D eigenvalue weighted by atomic mass is 9.72. The molecular weight excluding hydrogens is 208 g/mol. The molecule has 0 bridgehead atoms. The highest BCUT2D eigenvalue weighted by Gasteiger charge is 2.44. The van der Waals surface area contributed by atoms with Gasteiger partial charge in [0.25, 0.3) is 0 Å². The molecule has 0 radical (unpaired) electrons. The maximum Gasteiger partial charge on any atom is 0.0377 e. The molecule has 0 spiro atoms. The van der Waals surface area contributed by atoms with E-state index < -0.39 is 0 Å². The summed E-state index contributed by atoms with van der Waals surface area (Å²) in [5.41, 5.74) is 6.81. The number of piperidine rings is 1. The topological polar surface area (TPSA) is 29.3 Å². The highest BCUT2D eigenvalue weighted by Crippen LogP contribution is 2.38. The molecule has 1 rings (SSSR count). The highest BCUT2D eigenvalue weighted by atomic mass is 15.2. The van der Waals surface area contributed by atoms with Gasteiger partial charge in [0.15, 0.2) is 0 Å². The van der Waals surface area contributed by atoms with E-state index in [1.165, 1.54) is 25.9 Å². The van der Waals surface area contributed by atoms with Crippen LogP contribution in [0.3, 0.4) is 0 Å². The lowest BCUT2D eigenvalue weighted by Gasteiger charge is -2.54. The van der Waals surface area contributed by atoms with Crippen molar-refractivity contribution in [1.82, 2.24) is 4.90 Å². The van der Waals surface area contributed by atoms with E-state index in [0.717, 1.165) is 6.54 Å². The average molecular weight is 240 g/mol. The minimum atomic E-state index is 0.178. The molecule has 0 unspecified atom stereocenters. The predicted molar refractivity (Wildman–Crippen MR) is 76.0 cm³/mol. The Hall–Kier alpha value is -0.0800. The number of hydrogen-bond acceptors (Lipinski definition) is 2. The third kappa shape index (κ3) is 2.85. The van der Waals surface area contributed by atoms with Crippen LogP contribution in [0.2, 0.25) is 0 Å². The van der Waals surface area contributed by atoms with Gasteiger partial charge in [0, 0.05) is 18.6 Å². The van der Waals surface area contributed by atoms with Gasteiger partial charge in [-0.25, -0.2) is 0 Å². The van der Waals surface area contributed by atoms with Crippen molar-refractivity contribution in [3.8, 4) is 0 Å². The van der Waals surface area contributed by atoms with Crippen molar-refractivity contribution < 1.29 is 0 Å². The average Bonchev–Trinajstić information content (AvgIpc) is 2.16. The zero-order chi connectivity index (χ0) is 13.3. The standard InChI is InChI=1S/C15H32N2/c1-12(2)15(10-16,13(3)4)17-9-7-8-14(5,6)11-17/h12-13H,7-11,16H2,1-6H3. The van der Waals surface area contributed by atoms with Gasteiger partial charge in [-0.2, -0.15) is 0 Å². The van der Waals surface area contributed by atoms with Gasteiger partial charge in [-0.3, -0.25) is 4.90 Å². The normalized spacial score (nSPS) is 22.4. The van der Waals surface area contributed by atoms with E-state index in [4.69, 9.17) is 5.73 Å². The Bertz CT molecular complexity index is 235. The van der Waals surface area contributed by atoms with Crippen molar-refractivity contribution in [3.63, 3.8) is 0 Å². The summed E-state index contributed by atoms with van der Waals surface area (Å²) in [6, 6.07) is 0. The minimum absolute atomic E-state index is 0.178. The third-order valence-electron chi connectivity index (χ3n) is 4.82. The van der Waals surface area contributed by atoms with Gasteiger partial charge in [-0.15, -0.1) is 0 Å². The summed E-state index contributed by atoms with van der Waals surface area (Å²) in [7, 11) is 0. The van der Waals surface area contributed by atoms with Crippen LogP contribution in [-0.4, -0.2) is 30.1 Å². The van der Waals surface area contributed by atoms with Crippen molar-refractivity contribution >= 4 is 0 Å². The van der Waals surface area contributed by atoms with E-state index >= 15 is 0 Å². The van der Waals surface area contributed by atoms with Crippen molar-refractivity contribution in [2.45, 2.75) is 59.9 Å². The van der Waals surface area contributed by atoms with Gasteiger partial charge in [0.2, 0.25) is 0 Å². The minimum Gasteiger partial charge on any atom is -0.329 e. The van der Waals surface area contributed by atoms with Gasteiger partial charge >= 0.3 is 0 Å². The molecule has 2 heteroatoms. The van der Waals surface area contributed by atoms with Crippen LogP contribution in [0.5, 0.6) is 0 Å². The zero-order valence-corrected chi connectivity index (χ0v) is 12.7. The van der Waals surface area contributed by atoms with Crippen molar-refractivity contribution in [2.24, 2.45) is 23.0 Å². The molecule has 0 aromatic rings. The summed E-state index contributed by atoms with van der Waals surface area (Å²) >= 11 is 0. The lowest BCUT2D eigenvalue weighted by Crippen LogP contribution is -2.63. The second kappa shape index (κ2) is 5.27. The van der Waals surface area contributed by atoms with Crippen LogP contribution in [0.25, 0.3) is 0 Å². The first kappa shape index (κ1) is 15.0. The number of nitrogens with two attached hydrogens (primary N) is 1. The lowest BCUT2D eigenvalue weighted by molar-refractivity contribution is -0.0370. The molecular formula is C15H32N2. The molecule has 17 heavy (non-hydrogen) atoms. The monoisotopic (exact) mass is 240 g/mol. The smallest absolute Gasteiger partial charge is 0.0377 e. The van der Waals surface area contributed by atoms with E-state index in [1.807, 2.05) is 0 Å². The molecule has 0 amide bonds. The van der Waals surface area contributed by atoms with Gasteiger partial charge in [-0.05, 0) is 36.6 Å². The van der Waals surface area contributed by atoms with E-state index in [0.29, 0.717) is 17.3 Å². The van der Waals surface area contributed by atoms with Crippen molar-refractivity contribution in [1.29, 1.82) is 0 Å². The Balaban J connectivity index is 2.98. The Morgan fingerprint density at radius 1 is 1.18 bits per heavy atom. The summed E-state index contributed by atoms with van der Waals surface area (Å²) < 4.78 is 0. The quantitative estimate of drug-likeness (QED) is 0.818.